The van der Waals surface area contributed by atoms with Gasteiger partial charge in [-0.05, 0) is 60.7 Å². The molecule has 0 atom stereocenters. The lowest BCUT2D eigenvalue weighted by Gasteiger charge is -2.17. The second-order valence-corrected chi connectivity index (χ2v) is 6.68. The molecule has 27 heavy (non-hydrogen) atoms. The summed E-state index contributed by atoms with van der Waals surface area (Å²) in [5, 5.41) is 5.62. The van der Waals surface area contributed by atoms with Gasteiger partial charge < -0.3 is 15.4 Å². The summed E-state index contributed by atoms with van der Waals surface area (Å²) in [5.74, 6) is 0.420. The number of carbonyl (C=O) groups is 2. The average molecular weight is 370 g/mol. The van der Waals surface area contributed by atoms with Gasteiger partial charge in [-0.15, -0.1) is 0 Å². The Morgan fingerprint density at radius 1 is 1.22 bits per heavy atom. The van der Waals surface area contributed by atoms with Crippen molar-refractivity contribution in [3.05, 3.63) is 58.9 Å². The van der Waals surface area contributed by atoms with Gasteiger partial charge in [0.05, 0.1) is 6.61 Å². The van der Waals surface area contributed by atoms with Crippen molar-refractivity contribution in [2.75, 3.05) is 11.9 Å². The maximum atomic E-state index is 13.5. The summed E-state index contributed by atoms with van der Waals surface area (Å²) in [6.07, 6.45) is 2.12. The fourth-order valence-electron chi connectivity index (χ4n) is 2.91. The first-order chi connectivity index (χ1) is 13.0. The molecule has 5 nitrogen and oxygen atoms in total. The molecule has 0 radical (unpaired) electrons. The van der Waals surface area contributed by atoms with Crippen LogP contribution in [0.3, 0.4) is 0 Å². The summed E-state index contributed by atoms with van der Waals surface area (Å²) >= 11 is 0. The van der Waals surface area contributed by atoms with Crippen molar-refractivity contribution < 1.29 is 18.7 Å². The summed E-state index contributed by atoms with van der Waals surface area (Å²) in [5.41, 5.74) is 3.23. The first-order valence-corrected chi connectivity index (χ1v) is 9.08. The van der Waals surface area contributed by atoms with E-state index in [4.69, 9.17) is 4.74 Å². The Hall–Kier alpha value is -2.89. The molecule has 142 valence electrons. The fraction of sp³-hybridized carbons (Fsp3) is 0.333. The molecule has 1 heterocycles. The van der Waals surface area contributed by atoms with Crippen molar-refractivity contribution >= 4 is 17.5 Å². The Morgan fingerprint density at radius 3 is 2.89 bits per heavy atom. The molecule has 3 rings (SSSR count). The van der Waals surface area contributed by atoms with Crippen LogP contribution in [0.15, 0.2) is 36.4 Å². The van der Waals surface area contributed by atoms with Crippen LogP contribution in [0.4, 0.5) is 10.1 Å². The number of aryl methyl sites for hydroxylation is 2. The molecule has 0 fully saturated rings. The van der Waals surface area contributed by atoms with Gasteiger partial charge in [0, 0.05) is 25.1 Å². The zero-order valence-electron chi connectivity index (χ0n) is 15.3. The van der Waals surface area contributed by atoms with Crippen LogP contribution >= 0.6 is 0 Å². The van der Waals surface area contributed by atoms with Gasteiger partial charge in [-0.2, -0.15) is 0 Å². The van der Waals surface area contributed by atoms with Crippen LogP contribution in [0.2, 0.25) is 0 Å². The van der Waals surface area contributed by atoms with Crippen molar-refractivity contribution in [1.29, 1.82) is 0 Å². The van der Waals surface area contributed by atoms with E-state index in [-0.39, 0.29) is 17.6 Å². The van der Waals surface area contributed by atoms with Gasteiger partial charge in [0.15, 0.2) is 0 Å². The highest BCUT2D eigenvalue weighted by Crippen LogP contribution is 2.26. The van der Waals surface area contributed by atoms with Gasteiger partial charge in [-0.3, -0.25) is 9.59 Å². The topological polar surface area (TPSA) is 67.4 Å². The Morgan fingerprint density at radius 2 is 2.07 bits per heavy atom. The van der Waals surface area contributed by atoms with E-state index in [1.54, 1.807) is 19.1 Å². The van der Waals surface area contributed by atoms with Gasteiger partial charge in [0.2, 0.25) is 11.8 Å². The summed E-state index contributed by atoms with van der Waals surface area (Å²) in [6.45, 7) is 2.45. The number of benzene rings is 2. The van der Waals surface area contributed by atoms with Gasteiger partial charge >= 0.3 is 0 Å². The van der Waals surface area contributed by atoms with Gasteiger partial charge in [-0.1, -0.05) is 12.1 Å². The monoisotopic (exact) mass is 370 g/mol. The molecular weight excluding hydrogens is 347 g/mol. The van der Waals surface area contributed by atoms with E-state index in [0.29, 0.717) is 44.4 Å². The molecule has 0 bridgehead atoms. The zero-order valence-corrected chi connectivity index (χ0v) is 15.3. The normalized spacial score (nSPS) is 12.9. The summed E-state index contributed by atoms with van der Waals surface area (Å²) in [7, 11) is 0. The van der Waals surface area contributed by atoms with E-state index in [1.807, 2.05) is 18.2 Å². The van der Waals surface area contributed by atoms with Gasteiger partial charge in [0.25, 0.3) is 0 Å². The molecule has 0 saturated heterocycles. The molecule has 1 aliphatic heterocycles. The van der Waals surface area contributed by atoms with Crippen molar-refractivity contribution in [2.24, 2.45) is 0 Å². The summed E-state index contributed by atoms with van der Waals surface area (Å²) in [6, 6.07) is 10.5. The number of ether oxygens (including phenoxy) is 1. The maximum Gasteiger partial charge on any atom is 0.224 e. The van der Waals surface area contributed by atoms with Crippen LogP contribution in [0.5, 0.6) is 5.75 Å². The third-order valence-electron chi connectivity index (χ3n) is 4.52. The molecule has 0 spiro atoms. The van der Waals surface area contributed by atoms with E-state index < -0.39 is 0 Å². The molecule has 1 aliphatic rings. The number of fused-ring (bicyclic) bond motifs is 1. The quantitative estimate of drug-likeness (QED) is 0.733. The molecule has 0 unspecified atom stereocenters. The molecule has 2 N–H and O–H groups in total. The van der Waals surface area contributed by atoms with E-state index in [9.17, 15) is 14.0 Å². The van der Waals surface area contributed by atoms with Crippen molar-refractivity contribution in [2.45, 2.75) is 39.2 Å². The fourth-order valence-corrected chi connectivity index (χ4v) is 2.91. The highest BCUT2D eigenvalue weighted by molar-refractivity contribution is 5.94. The Balaban J connectivity index is 1.38. The molecule has 0 saturated carbocycles. The van der Waals surface area contributed by atoms with Crippen LogP contribution < -0.4 is 15.4 Å². The maximum absolute atomic E-state index is 13.5. The van der Waals surface area contributed by atoms with Crippen molar-refractivity contribution in [3.8, 4) is 5.75 Å². The van der Waals surface area contributed by atoms with E-state index >= 15 is 0 Å². The average Bonchev–Trinajstić information content (AvgIpc) is 2.66. The molecule has 2 aromatic rings. The molecule has 2 aromatic carbocycles. The second kappa shape index (κ2) is 8.66. The molecular formula is C21H23FN2O3. The van der Waals surface area contributed by atoms with Crippen LogP contribution in [0, 0.1) is 12.7 Å². The van der Waals surface area contributed by atoms with Gasteiger partial charge in [-0.25, -0.2) is 4.39 Å². The SMILES string of the molecule is Cc1ccc(CNC(=O)CCCOc2ccc3c(c2)CCC(=O)N3)cc1F. The lowest BCUT2D eigenvalue weighted by atomic mass is 10.0. The Labute approximate surface area is 157 Å². The predicted octanol–water partition coefficient (Wildman–Crippen LogP) is 3.49. The van der Waals surface area contributed by atoms with Crippen LogP contribution in [-0.4, -0.2) is 18.4 Å². The van der Waals surface area contributed by atoms with E-state index in [0.717, 1.165) is 22.6 Å². The summed E-state index contributed by atoms with van der Waals surface area (Å²) < 4.78 is 19.2. The number of halogens is 1. The molecule has 2 amide bonds. The third-order valence-corrected chi connectivity index (χ3v) is 4.52. The number of amides is 2. The standard InChI is InChI=1S/C21H23FN2O3/c1-14-4-5-15(11-18(14)22)13-23-20(25)3-2-10-27-17-7-8-19-16(12-17)6-9-21(26)24-19/h4-5,7-8,11-12H,2-3,6,9-10,13H2,1H3,(H,23,25)(H,24,26). The van der Waals surface area contributed by atoms with Crippen LogP contribution in [0.1, 0.15) is 36.0 Å². The Bertz CT molecular complexity index is 851. The molecule has 0 aliphatic carbocycles. The van der Waals surface area contributed by atoms with Crippen molar-refractivity contribution in [1.82, 2.24) is 5.32 Å². The number of carbonyl (C=O) groups excluding carboxylic acids is 2. The first kappa shape index (κ1) is 18.9. The third kappa shape index (κ3) is 5.29. The number of anilines is 1. The lowest BCUT2D eigenvalue weighted by molar-refractivity contribution is -0.121. The second-order valence-electron chi connectivity index (χ2n) is 6.68. The first-order valence-electron chi connectivity index (χ1n) is 9.08. The Kier molecular flexibility index (Phi) is 6.06. The van der Waals surface area contributed by atoms with Crippen LogP contribution in [-0.2, 0) is 22.6 Å². The minimum atomic E-state index is -0.264. The molecule has 6 heteroatoms. The van der Waals surface area contributed by atoms with Crippen molar-refractivity contribution in [3.63, 3.8) is 0 Å². The molecule has 0 aromatic heterocycles. The zero-order chi connectivity index (χ0) is 19.2. The minimum absolute atomic E-state index is 0.0376. The number of hydrogen-bond donors (Lipinski definition) is 2. The minimum Gasteiger partial charge on any atom is -0.494 e. The highest BCUT2D eigenvalue weighted by Gasteiger charge is 2.15. The highest BCUT2D eigenvalue weighted by atomic mass is 19.1. The number of nitrogens with one attached hydrogen (secondary N) is 2. The van der Waals surface area contributed by atoms with E-state index in [1.165, 1.54) is 6.07 Å². The smallest absolute Gasteiger partial charge is 0.224 e. The lowest BCUT2D eigenvalue weighted by Crippen LogP contribution is -2.23. The van der Waals surface area contributed by atoms with Gasteiger partial charge in [0.1, 0.15) is 11.6 Å². The van der Waals surface area contributed by atoms with Crippen LogP contribution in [0.25, 0.3) is 0 Å². The summed E-state index contributed by atoms with van der Waals surface area (Å²) in [4.78, 5) is 23.3. The number of rotatable bonds is 7. The van der Waals surface area contributed by atoms with E-state index in [2.05, 4.69) is 10.6 Å². The predicted molar refractivity (Wildman–Crippen MR) is 101 cm³/mol. The number of hydrogen-bond acceptors (Lipinski definition) is 3. The largest absolute Gasteiger partial charge is 0.494 e.